The fourth-order valence-electron chi connectivity index (χ4n) is 2.48. The van der Waals surface area contributed by atoms with Crippen molar-refractivity contribution in [3.63, 3.8) is 0 Å². The fourth-order valence-corrected chi connectivity index (χ4v) is 3.39. The van der Waals surface area contributed by atoms with Gasteiger partial charge >= 0.3 is 0 Å². The summed E-state index contributed by atoms with van der Waals surface area (Å²) in [7, 11) is -0.575. The molecule has 0 atom stereocenters. The highest BCUT2D eigenvalue weighted by molar-refractivity contribution is 7.89. The number of rotatable bonds is 5. The minimum atomic E-state index is -3.50. The Bertz CT molecular complexity index is 1050. The number of nitrogens with zero attached hydrogens (tertiary/aromatic N) is 3. The summed E-state index contributed by atoms with van der Waals surface area (Å²) < 4.78 is 27.1. The molecule has 1 amide bonds. The number of nitrogens with one attached hydrogen (secondary N) is 1. The molecular weight excluding hydrogens is 352 g/mol. The molecule has 0 saturated carbocycles. The molecule has 0 fully saturated rings. The lowest BCUT2D eigenvalue weighted by Gasteiger charge is -2.11. The number of imidazole rings is 1. The molecule has 0 aliphatic heterocycles. The Hall–Kier alpha value is -2.71. The van der Waals surface area contributed by atoms with E-state index >= 15 is 0 Å². The number of sulfonamides is 1. The summed E-state index contributed by atoms with van der Waals surface area (Å²) in [5.74, 6) is -0.285. The zero-order chi connectivity index (χ0) is 18.9. The third kappa shape index (κ3) is 3.61. The minimum Gasteiger partial charge on any atom is -0.346 e. The van der Waals surface area contributed by atoms with Crippen molar-refractivity contribution >= 4 is 21.6 Å². The number of aromatic nitrogens is 2. The van der Waals surface area contributed by atoms with Gasteiger partial charge in [0.15, 0.2) is 0 Å². The van der Waals surface area contributed by atoms with E-state index in [0.717, 1.165) is 21.2 Å². The molecule has 7 nitrogen and oxygen atoms in total. The maximum atomic E-state index is 12.3. The van der Waals surface area contributed by atoms with Crippen LogP contribution >= 0.6 is 0 Å². The second-order valence-electron chi connectivity index (χ2n) is 6.20. The number of pyridine rings is 1. The van der Waals surface area contributed by atoms with E-state index in [0.29, 0.717) is 5.56 Å². The lowest BCUT2D eigenvalue weighted by Crippen LogP contribution is -2.24. The summed E-state index contributed by atoms with van der Waals surface area (Å²) in [6.07, 6.45) is 3.79. The highest BCUT2D eigenvalue weighted by atomic mass is 32.2. The SMILES string of the molecule is Cc1ccn2cc(CNC(=O)c3ccc(S(=O)(=O)N(C)C)cc3)nc2c1. The maximum absolute atomic E-state index is 12.3. The number of hydrogen-bond donors (Lipinski definition) is 1. The number of carbonyl (C=O) groups is 1. The van der Waals surface area contributed by atoms with Crippen molar-refractivity contribution in [3.8, 4) is 0 Å². The largest absolute Gasteiger partial charge is 0.346 e. The van der Waals surface area contributed by atoms with Gasteiger partial charge in [-0.25, -0.2) is 17.7 Å². The Morgan fingerprint density at radius 3 is 2.54 bits per heavy atom. The van der Waals surface area contributed by atoms with Crippen molar-refractivity contribution in [3.05, 3.63) is 65.6 Å². The van der Waals surface area contributed by atoms with Crippen LogP contribution in [0.4, 0.5) is 0 Å². The molecule has 0 spiro atoms. The zero-order valence-corrected chi connectivity index (χ0v) is 15.6. The molecule has 2 heterocycles. The van der Waals surface area contributed by atoms with Crippen LogP contribution < -0.4 is 5.32 Å². The highest BCUT2D eigenvalue weighted by Crippen LogP contribution is 2.14. The molecule has 0 radical (unpaired) electrons. The average Bonchev–Trinajstić information content (AvgIpc) is 3.01. The number of fused-ring (bicyclic) bond motifs is 1. The van der Waals surface area contributed by atoms with Crippen LogP contribution in [0.5, 0.6) is 0 Å². The van der Waals surface area contributed by atoms with Gasteiger partial charge in [0.1, 0.15) is 5.65 Å². The number of benzene rings is 1. The van der Waals surface area contributed by atoms with Gasteiger partial charge in [-0.05, 0) is 48.9 Å². The molecule has 0 unspecified atom stereocenters. The lowest BCUT2D eigenvalue weighted by atomic mass is 10.2. The topological polar surface area (TPSA) is 83.8 Å². The Labute approximate surface area is 152 Å². The minimum absolute atomic E-state index is 0.148. The van der Waals surface area contributed by atoms with Crippen LogP contribution in [0.15, 0.2) is 53.7 Å². The quantitative estimate of drug-likeness (QED) is 0.740. The van der Waals surface area contributed by atoms with Crippen molar-refractivity contribution in [1.29, 1.82) is 0 Å². The van der Waals surface area contributed by atoms with Gasteiger partial charge in [0.25, 0.3) is 5.91 Å². The molecule has 3 aromatic rings. The first-order chi connectivity index (χ1) is 12.3. The summed E-state index contributed by atoms with van der Waals surface area (Å²) >= 11 is 0. The van der Waals surface area contributed by atoms with E-state index in [4.69, 9.17) is 0 Å². The standard InChI is InChI=1S/C18H20N4O3S/c1-13-8-9-22-12-15(20-17(22)10-13)11-19-18(23)14-4-6-16(7-5-14)26(24,25)21(2)3/h4-10,12H,11H2,1-3H3,(H,19,23). The van der Waals surface area contributed by atoms with Crippen molar-refractivity contribution in [1.82, 2.24) is 19.0 Å². The number of aryl methyl sites for hydroxylation is 1. The maximum Gasteiger partial charge on any atom is 0.251 e. The molecule has 1 N–H and O–H groups in total. The van der Waals surface area contributed by atoms with Crippen LogP contribution in [-0.4, -0.2) is 42.1 Å². The Balaban J connectivity index is 1.69. The molecule has 2 aromatic heterocycles. The molecule has 136 valence electrons. The van der Waals surface area contributed by atoms with Gasteiger partial charge in [-0.1, -0.05) is 0 Å². The van der Waals surface area contributed by atoms with Gasteiger partial charge in [0.2, 0.25) is 10.0 Å². The van der Waals surface area contributed by atoms with Gasteiger partial charge < -0.3 is 9.72 Å². The first kappa shape index (κ1) is 18.1. The van der Waals surface area contributed by atoms with E-state index in [1.54, 1.807) is 0 Å². The predicted octanol–water partition coefficient (Wildman–Crippen LogP) is 1.82. The average molecular weight is 372 g/mol. The van der Waals surface area contributed by atoms with Crippen molar-refractivity contribution in [2.45, 2.75) is 18.4 Å². The third-order valence-electron chi connectivity index (χ3n) is 3.99. The lowest BCUT2D eigenvalue weighted by molar-refractivity contribution is 0.0950. The fraction of sp³-hybridized carbons (Fsp3) is 0.222. The summed E-state index contributed by atoms with van der Waals surface area (Å²) in [4.78, 5) is 16.9. The summed E-state index contributed by atoms with van der Waals surface area (Å²) in [5, 5.41) is 2.80. The van der Waals surface area contributed by atoms with Gasteiger partial charge in [0, 0.05) is 32.1 Å². The number of carbonyl (C=O) groups excluding carboxylic acids is 1. The van der Waals surface area contributed by atoms with Gasteiger partial charge in [0.05, 0.1) is 17.1 Å². The Morgan fingerprint density at radius 1 is 1.19 bits per heavy atom. The van der Waals surface area contributed by atoms with Crippen LogP contribution in [0.3, 0.4) is 0 Å². The Morgan fingerprint density at radius 2 is 1.88 bits per heavy atom. The van der Waals surface area contributed by atoms with E-state index in [1.165, 1.54) is 38.4 Å². The first-order valence-electron chi connectivity index (χ1n) is 8.02. The van der Waals surface area contributed by atoms with E-state index in [-0.39, 0.29) is 17.3 Å². The van der Waals surface area contributed by atoms with Crippen LogP contribution in [0.2, 0.25) is 0 Å². The van der Waals surface area contributed by atoms with E-state index in [9.17, 15) is 13.2 Å². The molecule has 26 heavy (non-hydrogen) atoms. The molecule has 0 bridgehead atoms. The van der Waals surface area contributed by atoms with Crippen molar-refractivity contribution in [2.75, 3.05) is 14.1 Å². The second kappa shape index (κ2) is 6.89. The van der Waals surface area contributed by atoms with Crippen molar-refractivity contribution < 1.29 is 13.2 Å². The molecule has 0 saturated heterocycles. The third-order valence-corrected chi connectivity index (χ3v) is 5.82. The Kier molecular flexibility index (Phi) is 4.80. The normalized spacial score (nSPS) is 11.8. The zero-order valence-electron chi connectivity index (χ0n) is 14.8. The van der Waals surface area contributed by atoms with Crippen LogP contribution in [-0.2, 0) is 16.6 Å². The molecule has 8 heteroatoms. The molecule has 0 aliphatic carbocycles. The number of hydrogen-bond acceptors (Lipinski definition) is 4. The predicted molar refractivity (Wildman–Crippen MR) is 98.4 cm³/mol. The summed E-state index contributed by atoms with van der Waals surface area (Å²) in [6, 6.07) is 9.81. The number of amides is 1. The van der Waals surface area contributed by atoms with E-state index in [2.05, 4.69) is 10.3 Å². The van der Waals surface area contributed by atoms with Crippen LogP contribution in [0, 0.1) is 6.92 Å². The van der Waals surface area contributed by atoms with Gasteiger partial charge in [-0.3, -0.25) is 4.79 Å². The molecule has 0 aliphatic rings. The first-order valence-corrected chi connectivity index (χ1v) is 9.46. The van der Waals surface area contributed by atoms with Crippen LogP contribution in [0.25, 0.3) is 5.65 Å². The monoisotopic (exact) mass is 372 g/mol. The van der Waals surface area contributed by atoms with Crippen LogP contribution in [0.1, 0.15) is 21.6 Å². The second-order valence-corrected chi connectivity index (χ2v) is 8.35. The van der Waals surface area contributed by atoms with E-state index < -0.39 is 10.0 Å². The van der Waals surface area contributed by atoms with Gasteiger partial charge in [-0.15, -0.1) is 0 Å². The molecule has 1 aromatic carbocycles. The van der Waals surface area contributed by atoms with Gasteiger partial charge in [-0.2, -0.15) is 0 Å². The molecule has 3 rings (SSSR count). The highest BCUT2D eigenvalue weighted by Gasteiger charge is 2.17. The smallest absolute Gasteiger partial charge is 0.251 e. The van der Waals surface area contributed by atoms with Crippen molar-refractivity contribution in [2.24, 2.45) is 0 Å². The summed E-state index contributed by atoms with van der Waals surface area (Å²) in [6.45, 7) is 2.29. The molecular formula is C18H20N4O3S. The summed E-state index contributed by atoms with van der Waals surface area (Å²) in [5.41, 5.74) is 3.08. The van der Waals surface area contributed by atoms with E-state index in [1.807, 2.05) is 35.9 Å².